The summed E-state index contributed by atoms with van der Waals surface area (Å²) in [7, 11) is -8.58. The first kappa shape index (κ1) is 27.0. The van der Waals surface area contributed by atoms with Crippen molar-refractivity contribution < 1.29 is 43.2 Å². The molecule has 1 aliphatic heterocycles. The van der Waals surface area contributed by atoms with Gasteiger partial charge in [0.05, 0.1) is 6.67 Å². The van der Waals surface area contributed by atoms with Crippen molar-refractivity contribution in [1.29, 1.82) is 0 Å². The van der Waals surface area contributed by atoms with Gasteiger partial charge in [-0.15, -0.1) is 0 Å². The predicted molar refractivity (Wildman–Crippen MR) is 81.7 cm³/mol. The summed E-state index contributed by atoms with van der Waals surface area (Å²) in [5, 5.41) is 7.32. The van der Waals surface area contributed by atoms with Crippen LogP contribution in [-0.2, 0) is 20.0 Å². The Morgan fingerprint density at radius 3 is 1.46 bits per heavy atom. The van der Waals surface area contributed by atoms with E-state index in [2.05, 4.69) is 46.4 Å². The SMILES string of the molecule is CCCCN1C=CN(C)C1.NS(=O)(=O)C(F)(F)F.NS(=O)(=O)C(F)(F)F. The highest BCUT2D eigenvalue weighted by atomic mass is 32.2. The summed E-state index contributed by atoms with van der Waals surface area (Å²) in [5.74, 6) is 0. The van der Waals surface area contributed by atoms with E-state index in [1.54, 1.807) is 0 Å². The average molecular weight is 438 g/mol. The van der Waals surface area contributed by atoms with Crippen LogP contribution < -0.4 is 10.3 Å². The maximum absolute atomic E-state index is 10.8. The summed E-state index contributed by atoms with van der Waals surface area (Å²) in [6.07, 6.45) is 6.87. The first-order chi connectivity index (χ1) is 11.3. The van der Waals surface area contributed by atoms with Crippen LogP contribution >= 0.6 is 0 Å². The molecule has 0 aliphatic carbocycles. The van der Waals surface area contributed by atoms with E-state index in [0.717, 1.165) is 6.67 Å². The number of unbranched alkanes of at least 4 members (excludes halogenated alkanes) is 1. The molecule has 158 valence electrons. The van der Waals surface area contributed by atoms with Crippen molar-refractivity contribution in [1.82, 2.24) is 9.80 Å². The number of nitrogens with zero attached hydrogens (tertiary/aromatic N) is 2. The summed E-state index contributed by atoms with van der Waals surface area (Å²) in [5.41, 5.74) is -10.6. The Balaban J connectivity index is 0. The summed E-state index contributed by atoms with van der Waals surface area (Å²) in [6.45, 7) is 4.50. The molecule has 1 rings (SSSR count). The molecule has 0 atom stereocenters. The molecule has 26 heavy (non-hydrogen) atoms. The molecule has 4 N–H and O–H groups in total. The number of alkyl halides is 6. The lowest BCUT2D eigenvalue weighted by molar-refractivity contribution is -0.0441. The molecule has 16 heteroatoms. The van der Waals surface area contributed by atoms with Gasteiger partial charge in [0.1, 0.15) is 0 Å². The van der Waals surface area contributed by atoms with E-state index in [1.807, 2.05) is 0 Å². The first-order valence-corrected chi connectivity index (χ1v) is 9.73. The smallest absolute Gasteiger partial charge is 0.362 e. The van der Waals surface area contributed by atoms with Crippen LogP contribution in [0.4, 0.5) is 26.3 Å². The molecule has 8 nitrogen and oxygen atoms in total. The van der Waals surface area contributed by atoms with E-state index in [1.165, 1.54) is 19.4 Å². The van der Waals surface area contributed by atoms with E-state index in [9.17, 15) is 43.2 Å². The van der Waals surface area contributed by atoms with Crippen LogP contribution in [0.5, 0.6) is 0 Å². The molecular weight excluding hydrogens is 418 g/mol. The molecule has 0 unspecified atom stereocenters. The Bertz CT molecular complexity index is 603. The van der Waals surface area contributed by atoms with Crippen molar-refractivity contribution in [3.05, 3.63) is 12.4 Å². The van der Waals surface area contributed by atoms with Crippen molar-refractivity contribution in [2.24, 2.45) is 10.3 Å². The third-order valence-corrected chi connectivity index (χ3v) is 3.67. The van der Waals surface area contributed by atoms with Gasteiger partial charge in [-0.3, -0.25) is 0 Å². The molecule has 0 saturated carbocycles. The fraction of sp³-hybridized carbons (Fsp3) is 0.800. The van der Waals surface area contributed by atoms with Crippen molar-refractivity contribution in [2.75, 3.05) is 20.3 Å². The molecule has 0 saturated heterocycles. The molecule has 0 radical (unpaired) electrons. The Morgan fingerprint density at radius 2 is 1.27 bits per heavy atom. The number of halogens is 6. The fourth-order valence-corrected chi connectivity index (χ4v) is 1.10. The van der Waals surface area contributed by atoms with Gasteiger partial charge >= 0.3 is 31.1 Å². The van der Waals surface area contributed by atoms with Gasteiger partial charge in [-0.1, -0.05) is 13.3 Å². The Morgan fingerprint density at radius 1 is 0.923 bits per heavy atom. The normalized spacial score (nSPS) is 15.2. The van der Waals surface area contributed by atoms with Crippen LogP contribution in [0.15, 0.2) is 12.4 Å². The average Bonchev–Trinajstić information content (AvgIpc) is 2.79. The molecule has 0 aromatic heterocycles. The largest absolute Gasteiger partial charge is 0.511 e. The van der Waals surface area contributed by atoms with Gasteiger partial charge in [-0.2, -0.15) is 26.3 Å². The number of nitrogens with two attached hydrogens (primary N) is 2. The summed E-state index contributed by atoms with van der Waals surface area (Å²) in [4.78, 5) is 4.53. The third-order valence-electron chi connectivity index (χ3n) is 2.38. The van der Waals surface area contributed by atoms with Gasteiger partial charge in [0.2, 0.25) is 0 Å². The molecule has 0 aromatic carbocycles. The minimum atomic E-state index is -5.34. The number of sulfonamides is 2. The van der Waals surface area contributed by atoms with Crippen molar-refractivity contribution >= 4 is 20.0 Å². The number of rotatable bonds is 3. The van der Waals surface area contributed by atoms with Crippen LogP contribution in [-0.4, -0.2) is 57.9 Å². The summed E-state index contributed by atoms with van der Waals surface area (Å²) in [6, 6.07) is 0. The first-order valence-electron chi connectivity index (χ1n) is 6.63. The lowest BCUT2D eigenvalue weighted by Crippen LogP contribution is -2.30. The molecule has 0 bridgehead atoms. The summed E-state index contributed by atoms with van der Waals surface area (Å²) >= 11 is 0. The zero-order valence-corrected chi connectivity index (χ0v) is 15.4. The molecule has 0 fully saturated rings. The van der Waals surface area contributed by atoms with Gasteiger partial charge in [-0.05, 0) is 6.42 Å². The number of hydrogen-bond donors (Lipinski definition) is 2. The topological polar surface area (TPSA) is 127 Å². The molecule has 0 aromatic rings. The number of hydrogen-bond acceptors (Lipinski definition) is 6. The minimum Gasteiger partial charge on any atom is -0.362 e. The minimum absolute atomic E-state index is 1.07. The van der Waals surface area contributed by atoms with Gasteiger partial charge < -0.3 is 9.80 Å². The van der Waals surface area contributed by atoms with Crippen LogP contribution in [0.1, 0.15) is 19.8 Å². The molecule has 0 spiro atoms. The maximum Gasteiger partial charge on any atom is 0.511 e. The fourth-order valence-electron chi connectivity index (χ4n) is 1.10. The van der Waals surface area contributed by atoms with E-state index in [4.69, 9.17) is 0 Å². The van der Waals surface area contributed by atoms with Crippen molar-refractivity contribution in [2.45, 2.75) is 30.8 Å². The van der Waals surface area contributed by atoms with Gasteiger partial charge in [0.25, 0.3) is 0 Å². The monoisotopic (exact) mass is 438 g/mol. The number of primary sulfonamides is 2. The van der Waals surface area contributed by atoms with E-state index in [-0.39, 0.29) is 0 Å². The zero-order chi connectivity index (χ0) is 21.4. The van der Waals surface area contributed by atoms with Crippen LogP contribution in [0.3, 0.4) is 0 Å². The highest BCUT2D eigenvalue weighted by molar-refractivity contribution is 7.90. The Labute approximate surface area is 147 Å². The van der Waals surface area contributed by atoms with E-state index < -0.39 is 31.1 Å². The highest BCUT2D eigenvalue weighted by Gasteiger charge is 2.43. The van der Waals surface area contributed by atoms with Crippen molar-refractivity contribution in [3.63, 3.8) is 0 Å². The molecule has 0 amide bonds. The molecular formula is C10H20F6N4O4S2. The molecule has 1 heterocycles. The Hall–Kier alpha value is -1.26. The Kier molecular flexibility index (Phi) is 10.5. The summed E-state index contributed by atoms with van der Waals surface area (Å²) < 4.78 is 102. The van der Waals surface area contributed by atoms with Gasteiger partial charge in [-0.25, -0.2) is 27.1 Å². The lowest BCUT2D eigenvalue weighted by Gasteiger charge is -2.17. The second-order valence-electron chi connectivity index (χ2n) is 4.84. The predicted octanol–water partition coefficient (Wildman–Crippen LogP) is 1.05. The van der Waals surface area contributed by atoms with E-state index >= 15 is 0 Å². The zero-order valence-electron chi connectivity index (χ0n) is 13.7. The second kappa shape index (κ2) is 10.2. The molecule has 1 aliphatic rings. The second-order valence-corrected chi connectivity index (χ2v) is 7.95. The van der Waals surface area contributed by atoms with Crippen LogP contribution in [0, 0.1) is 0 Å². The van der Waals surface area contributed by atoms with Gasteiger partial charge in [0, 0.05) is 26.0 Å². The lowest BCUT2D eigenvalue weighted by atomic mass is 10.3. The van der Waals surface area contributed by atoms with Gasteiger partial charge in [0.15, 0.2) is 0 Å². The van der Waals surface area contributed by atoms with Crippen LogP contribution in [0.2, 0.25) is 0 Å². The highest BCUT2D eigenvalue weighted by Crippen LogP contribution is 2.19. The standard InChI is InChI=1S/C8H16N2.2CH2F3NO2S/c1-3-4-5-10-7-6-9(2)8-10;2*2-1(3,4)8(5,6)7/h6-7H,3-5,8H2,1-2H3;2*(H2,5,6,7). The maximum atomic E-state index is 10.8. The van der Waals surface area contributed by atoms with Crippen molar-refractivity contribution in [3.8, 4) is 0 Å². The third kappa shape index (κ3) is 12.2. The quantitative estimate of drug-likeness (QED) is 0.635. The van der Waals surface area contributed by atoms with E-state index in [0.29, 0.717) is 0 Å². The van der Waals surface area contributed by atoms with Crippen LogP contribution in [0.25, 0.3) is 0 Å².